The standard InChI is InChI=1S/C21H20O5S/c1-14-4-10-20(11-5-14)27(23,24)26-15(2)21(22)18-7-6-17-13-19(25-3)9-8-16(17)12-18/h4-13,15H,1-3H3. The highest BCUT2D eigenvalue weighted by Gasteiger charge is 2.24. The van der Waals surface area contributed by atoms with Crippen LogP contribution in [0.3, 0.4) is 0 Å². The Kier molecular flexibility index (Phi) is 5.30. The first-order chi connectivity index (χ1) is 12.8. The lowest BCUT2D eigenvalue weighted by atomic mass is 10.0. The summed E-state index contributed by atoms with van der Waals surface area (Å²) in [5, 5.41) is 1.78. The zero-order chi connectivity index (χ0) is 19.6. The number of hydrogen-bond donors (Lipinski definition) is 0. The van der Waals surface area contributed by atoms with Gasteiger partial charge in [0.1, 0.15) is 11.9 Å². The van der Waals surface area contributed by atoms with Crippen molar-refractivity contribution in [3.05, 3.63) is 71.8 Å². The van der Waals surface area contributed by atoms with Crippen LogP contribution in [0.15, 0.2) is 65.6 Å². The van der Waals surface area contributed by atoms with Gasteiger partial charge in [0.25, 0.3) is 10.1 Å². The molecule has 1 atom stereocenters. The first-order valence-corrected chi connectivity index (χ1v) is 9.83. The number of hydrogen-bond acceptors (Lipinski definition) is 5. The molecule has 3 aromatic rings. The van der Waals surface area contributed by atoms with Crippen LogP contribution in [0.2, 0.25) is 0 Å². The fourth-order valence-electron chi connectivity index (χ4n) is 2.73. The molecule has 0 aromatic heterocycles. The van der Waals surface area contributed by atoms with Gasteiger partial charge in [0.05, 0.1) is 12.0 Å². The van der Waals surface area contributed by atoms with Crippen molar-refractivity contribution in [1.82, 2.24) is 0 Å². The molecule has 0 saturated carbocycles. The number of methoxy groups -OCH3 is 1. The van der Waals surface area contributed by atoms with Gasteiger partial charge in [-0.05, 0) is 55.0 Å². The minimum atomic E-state index is -4.02. The van der Waals surface area contributed by atoms with Gasteiger partial charge in [0.2, 0.25) is 0 Å². The summed E-state index contributed by atoms with van der Waals surface area (Å²) >= 11 is 0. The molecule has 0 aliphatic carbocycles. The third-order valence-electron chi connectivity index (χ3n) is 4.28. The third kappa shape index (κ3) is 4.18. The van der Waals surface area contributed by atoms with E-state index in [1.165, 1.54) is 19.1 Å². The fourth-order valence-corrected chi connectivity index (χ4v) is 3.78. The Balaban J connectivity index is 1.82. The normalized spacial score (nSPS) is 12.7. The van der Waals surface area contributed by atoms with E-state index >= 15 is 0 Å². The molecule has 6 heteroatoms. The van der Waals surface area contributed by atoms with E-state index in [9.17, 15) is 13.2 Å². The second-order valence-corrected chi connectivity index (χ2v) is 7.87. The molecule has 0 spiro atoms. The van der Waals surface area contributed by atoms with Crippen LogP contribution in [-0.4, -0.2) is 27.4 Å². The van der Waals surface area contributed by atoms with Gasteiger partial charge in [-0.25, -0.2) is 0 Å². The Morgan fingerprint density at radius 2 is 1.56 bits per heavy atom. The van der Waals surface area contributed by atoms with Gasteiger partial charge in [-0.3, -0.25) is 8.98 Å². The van der Waals surface area contributed by atoms with E-state index in [0.29, 0.717) is 5.56 Å². The topological polar surface area (TPSA) is 69.7 Å². The van der Waals surface area contributed by atoms with E-state index in [1.807, 2.05) is 19.1 Å². The zero-order valence-electron chi connectivity index (χ0n) is 15.3. The predicted molar refractivity (Wildman–Crippen MR) is 104 cm³/mol. The van der Waals surface area contributed by atoms with Gasteiger partial charge in [-0.15, -0.1) is 0 Å². The van der Waals surface area contributed by atoms with Crippen LogP contribution in [0.1, 0.15) is 22.8 Å². The minimum Gasteiger partial charge on any atom is -0.497 e. The van der Waals surface area contributed by atoms with Crippen molar-refractivity contribution in [2.45, 2.75) is 24.8 Å². The average molecular weight is 384 g/mol. The number of carbonyl (C=O) groups is 1. The molecule has 5 nitrogen and oxygen atoms in total. The highest BCUT2D eigenvalue weighted by molar-refractivity contribution is 7.86. The summed E-state index contributed by atoms with van der Waals surface area (Å²) in [4.78, 5) is 12.7. The summed E-state index contributed by atoms with van der Waals surface area (Å²) in [5.74, 6) is 0.325. The lowest BCUT2D eigenvalue weighted by molar-refractivity contribution is 0.0826. The first-order valence-electron chi connectivity index (χ1n) is 8.42. The Labute approximate surface area is 158 Å². The molecule has 0 amide bonds. The number of fused-ring (bicyclic) bond motifs is 1. The molecular formula is C21H20O5S. The first kappa shape index (κ1) is 19.1. The number of aryl methyl sites for hydroxylation is 1. The van der Waals surface area contributed by atoms with E-state index in [0.717, 1.165) is 22.1 Å². The van der Waals surface area contributed by atoms with E-state index in [-0.39, 0.29) is 4.90 Å². The Hall–Kier alpha value is -2.70. The molecule has 0 aliphatic rings. The highest BCUT2D eigenvalue weighted by atomic mass is 32.2. The second kappa shape index (κ2) is 7.50. The average Bonchev–Trinajstić information content (AvgIpc) is 2.66. The maximum atomic E-state index is 12.7. The quantitative estimate of drug-likeness (QED) is 0.472. The van der Waals surface area contributed by atoms with Crippen LogP contribution in [0.5, 0.6) is 5.75 Å². The molecule has 3 rings (SSSR count). The number of ketones is 1. The molecule has 0 heterocycles. The van der Waals surface area contributed by atoms with Crippen LogP contribution in [0.4, 0.5) is 0 Å². The van der Waals surface area contributed by atoms with Crippen LogP contribution < -0.4 is 4.74 Å². The van der Waals surface area contributed by atoms with Crippen molar-refractivity contribution in [2.24, 2.45) is 0 Å². The maximum Gasteiger partial charge on any atom is 0.297 e. The number of Topliss-reactive ketones (excluding diaryl/α,β-unsaturated/α-hetero) is 1. The molecular weight excluding hydrogens is 364 g/mol. The number of ether oxygens (including phenoxy) is 1. The van der Waals surface area contributed by atoms with Gasteiger partial charge in [-0.1, -0.05) is 35.9 Å². The maximum absolute atomic E-state index is 12.7. The number of carbonyl (C=O) groups excluding carboxylic acids is 1. The lowest BCUT2D eigenvalue weighted by Gasteiger charge is -2.13. The summed E-state index contributed by atoms with van der Waals surface area (Å²) in [6.07, 6.45) is -1.13. The van der Waals surface area contributed by atoms with Crippen molar-refractivity contribution < 1.29 is 22.1 Å². The highest BCUT2D eigenvalue weighted by Crippen LogP contribution is 2.23. The number of benzene rings is 3. The molecule has 0 N–H and O–H groups in total. The second-order valence-electron chi connectivity index (χ2n) is 6.30. The number of rotatable bonds is 6. The Bertz CT molecular complexity index is 1090. The van der Waals surface area contributed by atoms with E-state index in [1.54, 1.807) is 43.5 Å². The summed E-state index contributed by atoms with van der Waals surface area (Å²) in [6, 6.07) is 17.0. The molecule has 0 bridgehead atoms. The van der Waals surface area contributed by atoms with Crippen molar-refractivity contribution in [1.29, 1.82) is 0 Å². The van der Waals surface area contributed by atoms with Gasteiger partial charge in [-0.2, -0.15) is 8.42 Å². The summed E-state index contributed by atoms with van der Waals surface area (Å²) in [5.41, 5.74) is 1.32. The van der Waals surface area contributed by atoms with Gasteiger partial charge < -0.3 is 4.74 Å². The van der Waals surface area contributed by atoms with E-state index in [4.69, 9.17) is 8.92 Å². The monoisotopic (exact) mass is 384 g/mol. The van der Waals surface area contributed by atoms with Crippen LogP contribution in [-0.2, 0) is 14.3 Å². The smallest absolute Gasteiger partial charge is 0.297 e. The van der Waals surface area contributed by atoms with Crippen LogP contribution >= 0.6 is 0 Å². The molecule has 27 heavy (non-hydrogen) atoms. The Morgan fingerprint density at radius 1 is 0.926 bits per heavy atom. The van der Waals surface area contributed by atoms with Gasteiger partial charge in [0.15, 0.2) is 5.78 Å². The van der Waals surface area contributed by atoms with E-state index in [2.05, 4.69) is 0 Å². The molecule has 3 aromatic carbocycles. The van der Waals surface area contributed by atoms with Gasteiger partial charge >= 0.3 is 0 Å². The predicted octanol–water partition coefficient (Wildman–Crippen LogP) is 4.13. The third-order valence-corrected chi connectivity index (χ3v) is 5.67. The molecule has 0 aliphatic heterocycles. The molecule has 0 saturated heterocycles. The summed E-state index contributed by atoms with van der Waals surface area (Å²) < 4.78 is 35.1. The molecule has 140 valence electrons. The summed E-state index contributed by atoms with van der Waals surface area (Å²) in [7, 11) is -2.43. The van der Waals surface area contributed by atoms with Crippen molar-refractivity contribution in [2.75, 3.05) is 7.11 Å². The largest absolute Gasteiger partial charge is 0.497 e. The zero-order valence-corrected chi connectivity index (χ0v) is 16.1. The molecule has 1 unspecified atom stereocenters. The molecule has 0 fully saturated rings. The van der Waals surface area contributed by atoms with Crippen molar-refractivity contribution in [3.8, 4) is 5.75 Å². The van der Waals surface area contributed by atoms with Crippen LogP contribution in [0, 0.1) is 6.92 Å². The van der Waals surface area contributed by atoms with Crippen molar-refractivity contribution >= 4 is 26.7 Å². The van der Waals surface area contributed by atoms with Crippen molar-refractivity contribution in [3.63, 3.8) is 0 Å². The van der Waals surface area contributed by atoms with E-state index < -0.39 is 22.0 Å². The fraction of sp³-hybridized carbons (Fsp3) is 0.190. The minimum absolute atomic E-state index is 0.0263. The Morgan fingerprint density at radius 3 is 2.22 bits per heavy atom. The summed E-state index contributed by atoms with van der Waals surface area (Å²) in [6.45, 7) is 3.30. The SMILES string of the molecule is COc1ccc2cc(C(=O)C(C)OS(=O)(=O)c3ccc(C)cc3)ccc2c1. The molecule has 0 radical (unpaired) electrons. The van der Waals surface area contributed by atoms with Gasteiger partial charge in [0, 0.05) is 5.56 Å². The van der Waals surface area contributed by atoms with Crippen LogP contribution in [0.25, 0.3) is 10.8 Å². The lowest BCUT2D eigenvalue weighted by Crippen LogP contribution is -2.24.